The lowest BCUT2D eigenvalue weighted by molar-refractivity contribution is 0.363. The summed E-state index contributed by atoms with van der Waals surface area (Å²) in [6, 6.07) is 0. The first-order valence-electron chi connectivity index (χ1n) is 7.54. The van der Waals surface area contributed by atoms with E-state index < -0.39 is 0 Å². The molecule has 3 rings (SSSR count). The average Bonchev–Trinajstić information content (AvgIpc) is 3.05. The Balaban J connectivity index is 2.03. The summed E-state index contributed by atoms with van der Waals surface area (Å²) >= 11 is 5.93. The number of nitrogens with zero attached hydrogens (tertiary/aromatic N) is 4. The molecule has 21 heavy (non-hydrogen) atoms. The lowest BCUT2D eigenvalue weighted by Crippen LogP contribution is -2.16. The molecule has 2 atom stereocenters. The number of rotatable bonds is 5. The van der Waals surface area contributed by atoms with Crippen molar-refractivity contribution in [3.63, 3.8) is 0 Å². The number of halogens is 1. The molecule has 2 heterocycles. The maximum atomic E-state index is 5.93. The average molecular weight is 309 g/mol. The first-order valence-corrected chi connectivity index (χ1v) is 8.08. The summed E-state index contributed by atoms with van der Waals surface area (Å²) in [7, 11) is 1.61. The van der Waals surface area contributed by atoms with Crippen LogP contribution in [0.3, 0.4) is 0 Å². The predicted octanol–water partition coefficient (Wildman–Crippen LogP) is 3.05. The Morgan fingerprint density at radius 3 is 2.90 bits per heavy atom. The third-order valence-electron chi connectivity index (χ3n) is 4.55. The van der Waals surface area contributed by atoms with Gasteiger partial charge in [0.15, 0.2) is 11.2 Å². The summed E-state index contributed by atoms with van der Waals surface area (Å²) in [4.78, 5) is 13.2. The molecule has 1 saturated carbocycles. The summed E-state index contributed by atoms with van der Waals surface area (Å²) in [6.07, 6.45) is 6.20. The number of aromatic nitrogens is 4. The van der Waals surface area contributed by atoms with Crippen LogP contribution in [0.1, 0.15) is 32.0 Å². The molecule has 0 bridgehead atoms. The Bertz CT molecular complexity index is 627. The molecule has 2 unspecified atom stereocenters. The maximum Gasteiger partial charge on any atom is 0.245 e. The van der Waals surface area contributed by atoms with Crippen molar-refractivity contribution in [2.45, 2.75) is 39.2 Å². The molecule has 1 fully saturated rings. The standard InChI is InChI=1S/C15H21ClN4O/c1-10-4-3-5-11(10)8-20-12(6-7-16)19-13-14(20)17-9-18-15(13)21-2/h9-11H,3-8H2,1-2H3. The van der Waals surface area contributed by atoms with Gasteiger partial charge in [-0.15, -0.1) is 11.6 Å². The van der Waals surface area contributed by atoms with E-state index in [-0.39, 0.29) is 0 Å². The molecular formula is C15H21ClN4O. The third kappa shape index (κ3) is 2.71. The number of ether oxygens (including phenoxy) is 1. The largest absolute Gasteiger partial charge is 0.479 e. The van der Waals surface area contributed by atoms with Crippen molar-refractivity contribution in [3.8, 4) is 5.88 Å². The number of fused-ring (bicyclic) bond motifs is 1. The molecule has 2 aromatic rings. The number of imidazole rings is 1. The highest BCUT2D eigenvalue weighted by atomic mass is 35.5. The zero-order valence-corrected chi connectivity index (χ0v) is 13.3. The van der Waals surface area contributed by atoms with Crippen molar-refractivity contribution in [1.29, 1.82) is 0 Å². The fourth-order valence-corrected chi connectivity index (χ4v) is 3.47. The fourth-order valence-electron chi connectivity index (χ4n) is 3.31. The maximum absolute atomic E-state index is 5.93. The highest BCUT2D eigenvalue weighted by Gasteiger charge is 2.26. The number of aryl methyl sites for hydroxylation is 1. The van der Waals surface area contributed by atoms with Crippen molar-refractivity contribution >= 4 is 22.8 Å². The van der Waals surface area contributed by atoms with Gasteiger partial charge in [-0.1, -0.05) is 19.8 Å². The van der Waals surface area contributed by atoms with Crippen LogP contribution in [0.2, 0.25) is 0 Å². The van der Waals surface area contributed by atoms with Gasteiger partial charge in [-0.3, -0.25) is 0 Å². The van der Waals surface area contributed by atoms with Crippen LogP contribution in [-0.4, -0.2) is 32.5 Å². The molecule has 2 aromatic heterocycles. The highest BCUT2D eigenvalue weighted by Crippen LogP contribution is 2.34. The zero-order chi connectivity index (χ0) is 14.8. The Labute approximate surface area is 129 Å². The number of hydrogen-bond donors (Lipinski definition) is 0. The second-order valence-electron chi connectivity index (χ2n) is 5.80. The van der Waals surface area contributed by atoms with Crippen molar-refractivity contribution in [3.05, 3.63) is 12.2 Å². The summed E-state index contributed by atoms with van der Waals surface area (Å²) in [5, 5.41) is 0. The van der Waals surface area contributed by atoms with E-state index in [1.807, 2.05) is 0 Å². The monoisotopic (exact) mass is 308 g/mol. The van der Waals surface area contributed by atoms with Gasteiger partial charge in [0.25, 0.3) is 0 Å². The minimum atomic E-state index is 0.536. The van der Waals surface area contributed by atoms with E-state index >= 15 is 0 Å². The van der Waals surface area contributed by atoms with Crippen LogP contribution in [-0.2, 0) is 13.0 Å². The fraction of sp³-hybridized carbons (Fsp3) is 0.667. The molecule has 5 nitrogen and oxygen atoms in total. The first kappa shape index (κ1) is 14.6. The van der Waals surface area contributed by atoms with E-state index in [1.165, 1.54) is 19.3 Å². The molecular weight excluding hydrogens is 288 g/mol. The van der Waals surface area contributed by atoms with Gasteiger partial charge >= 0.3 is 0 Å². The molecule has 0 amide bonds. The van der Waals surface area contributed by atoms with Crippen molar-refractivity contribution in [2.75, 3.05) is 13.0 Å². The molecule has 0 aromatic carbocycles. The molecule has 1 aliphatic rings. The molecule has 114 valence electrons. The van der Waals surface area contributed by atoms with Gasteiger partial charge in [0, 0.05) is 18.8 Å². The van der Waals surface area contributed by atoms with E-state index in [9.17, 15) is 0 Å². The van der Waals surface area contributed by atoms with Crippen LogP contribution < -0.4 is 4.74 Å². The minimum absolute atomic E-state index is 0.536. The van der Waals surface area contributed by atoms with Crippen LogP contribution in [0, 0.1) is 11.8 Å². The van der Waals surface area contributed by atoms with Gasteiger partial charge in [0.2, 0.25) is 5.88 Å². The van der Waals surface area contributed by atoms with Gasteiger partial charge < -0.3 is 9.30 Å². The van der Waals surface area contributed by atoms with E-state index in [4.69, 9.17) is 16.3 Å². The van der Waals surface area contributed by atoms with Crippen LogP contribution in [0.4, 0.5) is 0 Å². The van der Waals surface area contributed by atoms with E-state index in [1.54, 1.807) is 13.4 Å². The predicted molar refractivity (Wildman–Crippen MR) is 82.8 cm³/mol. The Morgan fingerprint density at radius 1 is 1.38 bits per heavy atom. The molecule has 0 spiro atoms. The van der Waals surface area contributed by atoms with Gasteiger partial charge in [-0.05, 0) is 18.3 Å². The lowest BCUT2D eigenvalue weighted by atomic mass is 9.98. The third-order valence-corrected chi connectivity index (χ3v) is 4.73. The number of methoxy groups -OCH3 is 1. The molecule has 1 aliphatic carbocycles. The van der Waals surface area contributed by atoms with Crippen LogP contribution in [0.25, 0.3) is 11.2 Å². The lowest BCUT2D eigenvalue weighted by Gasteiger charge is -2.17. The first-order chi connectivity index (χ1) is 10.2. The van der Waals surface area contributed by atoms with E-state index in [0.717, 1.165) is 35.9 Å². The normalized spacial score (nSPS) is 22.0. The van der Waals surface area contributed by atoms with Gasteiger partial charge in [-0.2, -0.15) is 4.98 Å². The Kier molecular flexibility index (Phi) is 4.29. The molecule has 6 heteroatoms. The second-order valence-corrected chi connectivity index (χ2v) is 6.18. The molecule has 0 radical (unpaired) electrons. The highest BCUT2D eigenvalue weighted by molar-refractivity contribution is 6.17. The summed E-state index contributed by atoms with van der Waals surface area (Å²) in [5.41, 5.74) is 1.60. The molecule has 0 N–H and O–H groups in total. The van der Waals surface area contributed by atoms with E-state index in [0.29, 0.717) is 17.7 Å². The van der Waals surface area contributed by atoms with Crippen LogP contribution in [0.15, 0.2) is 6.33 Å². The summed E-state index contributed by atoms with van der Waals surface area (Å²) in [5.74, 6) is 3.53. The Hall–Kier alpha value is -1.36. The van der Waals surface area contributed by atoms with Crippen LogP contribution in [0.5, 0.6) is 5.88 Å². The van der Waals surface area contributed by atoms with Crippen LogP contribution >= 0.6 is 11.6 Å². The SMILES string of the molecule is COc1ncnc2c1nc(CCCl)n2CC1CCCC1C. The second kappa shape index (κ2) is 6.18. The number of alkyl halides is 1. The van der Waals surface area contributed by atoms with Crippen molar-refractivity contribution in [2.24, 2.45) is 11.8 Å². The minimum Gasteiger partial charge on any atom is -0.479 e. The van der Waals surface area contributed by atoms with Gasteiger partial charge in [-0.25, -0.2) is 9.97 Å². The Morgan fingerprint density at radius 2 is 2.24 bits per heavy atom. The zero-order valence-electron chi connectivity index (χ0n) is 12.5. The van der Waals surface area contributed by atoms with E-state index in [2.05, 4.69) is 26.4 Å². The van der Waals surface area contributed by atoms with Crippen molar-refractivity contribution < 1.29 is 4.74 Å². The van der Waals surface area contributed by atoms with Gasteiger partial charge in [0.05, 0.1) is 7.11 Å². The molecule has 0 aliphatic heterocycles. The topological polar surface area (TPSA) is 52.8 Å². The summed E-state index contributed by atoms with van der Waals surface area (Å²) < 4.78 is 7.52. The smallest absolute Gasteiger partial charge is 0.245 e. The quantitative estimate of drug-likeness (QED) is 0.797. The van der Waals surface area contributed by atoms with Gasteiger partial charge in [0.1, 0.15) is 12.2 Å². The molecule has 0 saturated heterocycles. The summed E-state index contributed by atoms with van der Waals surface area (Å²) in [6.45, 7) is 3.30. The van der Waals surface area contributed by atoms with Crippen molar-refractivity contribution in [1.82, 2.24) is 19.5 Å². The number of hydrogen-bond acceptors (Lipinski definition) is 4.